The van der Waals surface area contributed by atoms with Crippen molar-refractivity contribution in [2.24, 2.45) is 5.92 Å². The molecule has 3 amide bonds. The molecule has 1 aliphatic rings. The lowest BCUT2D eigenvalue weighted by Gasteiger charge is -2.16. The number of nitrogens with one attached hydrogen (secondary N) is 2. The molecule has 6 heteroatoms. The van der Waals surface area contributed by atoms with Crippen molar-refractivity contribution in [2.45, 2.75) is 26.4 Å². The van der Waals surface area contributed by atoms with Crippen molar-refractivity contribution < 1.29 is 14.3 Å². The minimum Gasteiger partial charge on any atom is -0.497 e. The van der Waals surface area contributed by atoms with Crippen LogP contribution in [0.3, 0.4) is 0 Å². The molecule has 0 unspecified atom stereocenters. The number of ether oxygens (including phenoxy) is 1. The maximum absolute atomic E-state index is 12.1. The Kier molecular flexibility index (Phi) is 5.96. The average molecular weight is 367 g/mol. The van der Waals surface area contributed by atoms with Gasteiger partial charge >= 0.3 is 6.03 Å². The summed E-state index contributed by atoms with van der Waals surface area (Å²) >= 11 is 0. The van der Waals surface area contributed by atoms with Gasteiger partial charge in [0.1, 0.15) is 5.75 Å². The van der Waals surface area contributed by atoms with Crippen LogP contribution in [0.25, 0.3) is 0 Å². The second kappa shape index (κ2) is 8.58. The minimum atomic E-state index is -0.262. The van der Waals surface area contributed by atoms with Crippen LogP contribution in [0, 0.1) is 5.92 Å². The number of hydrogen-bond acceptors (Lipinski definition) is 3. The van der Waals surface area contributed by atoms with Crippen molar-refractivity contribution in [3.63, 3.8) is 0 Å². The maximum atomic E-state index is 12.1. The number of amides is 3. The third kappa shape index (κ3) is 5.00. The lowest BCUT2D eigenvalue weighted by atomic mass is 10.1. The zero-order valence-electron chi connectivity index (χ0n) is 15.7. The summed E-state index contributed by atoms with van der Waals surface area (Å²) in [6, 6.07) is 14.9. The largest absolute Gasteiger partial charge is 0.497 e. The third-order valence-corrected chi connectivity index (χ3v) is 4.76. The standard InChI is InChI=1S/C21H25N3O3/c1-15-11-12-24(20(15)25)14-17-3-7-18(8-4-17)23-21(26)22-13-16-5-9-19(27-2)10-6-16/h3-10,15H,11-14H2,1-2H3,(H2,22,23,26)/t15-/m1/s1. The molecule has 1 fully saturated rings. The molecule has 0 spiro atoms. The van der Waals surface area contributed by atoms with E-state index in [1.54, 1.807) is 7.11 Å². The van der Waals surface area contributed by atoms with Crippen LogP contribution in [-0.2, 0) is 17.9 Å². The quantitative estimate of drug-likeness (QED) is 0.822. The zero-order valence-corrected chi connectivity index (χ0v) is 15.7. The van der Waals surface area contributed by atoms with E-state index >= 15 is 0 Å². The fraction of sp³-hybridized carbons (Fsp3) is 0.333. The van der Waals surface area contributed by atoms with E-state index in [9.17, 15) is 9.59 Å². The van der Waals surface area contributed by atoms with E-state index in [4.69, 9.17) is 4.74 Å². The number of carbonyl (C=O) groups excluding carboxylic acids is 2. The molecule has 0 saturated carbocycles. The fourth-order valence-corrected chi connectivity index (χ4v) is 3.07. The van der Waals surface area contributed by atoms with Gasteiger partial charge in [-0.2, -0.15) is 0 Å². The second-order valence-electron chi connectivity index (χ2n) is 6.80. The predicted octanol–water partition coefficient (Wildman–Crippen LogP) is 3.39. The van der Waals surface area contributed by atoms with Gasteiger partial charge in [-0.05, 0) is 41.8 Å². The van der Waals surface area contributed by atoms with Gasteiger partial charge in [0, 0.05) is 31.2 Å². The fourth-order valence-electron chi connectivity index (χ4n) is 3.07. The average Bonchev–Trinajstić information content (AvgIpc) is 3.00. The highest BCUT2D eigenvalue weighted by atomic mass is 16.5. The van der Waals surface area contributed by atoms with E-state index in [0.29, 0.717) is 18.8 Å². The lowest BCUT2D eigenvalue weighted by molar-refractivity contribution is -0.131. The Morgan fingerprint density at radius 1 is 1.11 bits per heavy atom. The normalized spacial score (nSPS) is 16.3. The van der Waals surface area contributed by atoms with Gasteiger partial charge in [0.2, 0.25) is 5.91 Å². The Hall–Kier alpha value is -3.02. The van der Waals surface area contributed by atoms with Gasteiger partial charge in [-0.15, -0.1) is 0 Å². The molecule has 6 nitrogen and oxygen atoms in total. The molecule has 0 aliphatic carbocycles. The molecule has 1 aliphatic heterocycles. The molecule has 2 aromatic carbocycles. The van der Waals surface area contributed by atoms with Crippen LogP contribution in [0.15, 0.2) is 48.5 Å². The van der Waals surface area contributed by atoms with Crippen LogP contribution in [0.2, 0.25) is 0 Å². The molecule has 3 rings (SSSR count). The summed E-state index contributed by atoms with van der Waals surface area (Å²) in [6.07, 6.45) is 0.923. The minimum absolute atomic E-state index is 0.125. The van der Waals surface area contributed by atoms with Crippen LogP contribution in [0.4, 0.5) is 10.5 Å². The smallest absolute Gasteiger partial charge is 0.319 e. The number of rotatable bonds is 6. The van der Waals surface area contributed by atoms with Crippen LogP contribution < -0.4 is 15.4 Å². The predicted molar refractivity (Wildman–Crippen MR) is 104 cm³/mol. The van der Waals surface area contributed by atoms with Gasteiger partial charge < -0.3 is 20.3 Å². The zero-order chi connectivity index (χ0) is 19.2. The first-order valence-electron chi connectivity index (χ1n) is 9.10. The maximum Gasteiger partial charge on any atom is 0.319 e. The molecule has 0 bridgehead atoms. The van der Waals surface area contributed by atoms with Crippen LogP contribution in [0.1, 0.15) is 24.5 Å². The Morgan fingerprint density at radius 3 is 2.37 bits per heavy atom. The van der Waals surface area contributed by atoms with E-state index in [1.807, 2.05) is 60.4 Å². The topological polar surface area (TPSA) is 70.7 Å². The van der Waals surface area contributed by atoms with Crippen molar-refractivity contribution >= 4 is 17.6 Å². The highest BCUT2D eigenvalue weighted by Crippen LogP contribution is 2.20. The lowest BCUT2D eigenvalue weighted by Crippen LogP contribution is -2.28. The number of carbonyl (C=O) groups is 2. The first-order chi connectivity index (χ1) is 13.0. The molecule has 142 valence electrons. The first kappa shape index (κ1) is 18.8. The number of urea groups is 1. The van der Waals surface area contributed by atoms with Gasteiger partial charge in [0.05, 0.1) is 7.11 Å². The number of anilines is 1. The monoisotopic (exact) mass is 367 g/mol. The van der Waals surface area contributed by atoms with E-state index in [0.717, 1.165) is 29.8 Å². The van der Waals surface area contributed by atoms with E-state index in [2.05, 4.69) is 10.6 Å². The van der Waals surface area contributed by atoms with E-state index in [1.165, 1.54) is 0 Å². The summed E-state index contributed by atoms with van der Waals surface area (Å²) in [5.41, 5.74) is 2.76. The summed E-state index contributed by atoms with van der Waals surface area (Å²) in [4.78, 5) is 25.9. The molecule has 0 radical (unpaired) electrons. The molecular weight excluding hydrogens is 342 g/mol. The Labute approximate surface area is 159 Å². The molecule has 27 heavy (non-hydrogen) atoms. The Balaban J connectivity index is 1.47. The van der Waals surface area contributed by atoms with E-state index in [-0.39, 0.29) is 17.9 Å². The number of likely N-dealkylation sites (tertiary alicyclic amines) is 1. The molecule has 1 atom stereocenters. The Bertz CT molecular complexity index is 787. The molecule has 1 heterocycles. The van der Waals surface area contributed by atoms with Crippen LogP contribution >= 0.6 is 0 Å². The summed E-state index contributed by atoms with van der Waals surface area (Å²) in [7, 11) is 1.62. The number of hydrogen-bond donors (Lipinski definition) is 2. The summed E-state index contributed by atoms with van der Waals surface area (Å²) in [5.74, 6) is 1.13. The molecule has 0 aromatic heterocycles. The SMILES string of the molecule is COc1ccc(CNC(=O)Nc2ccc(CN3CC[C@@H](C)C3=O)cc2)cc1. The van der Waals surface area contributed by atoms with Crippen molar-refractivity contribution in [3.8, 4) is 5.75 Å². The number of benzene rings is 2. The summed E-state index contributed by atoms with van der Waals surface area (Å²) in [6.45, 7) is 3.84. The van der Waals surface area contributed by atoms with Crippen molar-refractivity contribution in [1.82, 2.24) is 10.2 Å². The van der Waals surface area contributed by atoms with Crippen molar-refractivity contribution in [1.29, 1.82) is 0 Å². The highest BCUT2D eigenvalue weighted by Gasteiger charge is 2.27. The van der Waals surface area contributed by atoms with Crippen LogP contribution in [0.5, 0.6) is 5.75 Å². The summed E-state index contributed by atoms with van der Waals surface area (Å²) in [5, 5.41) is 5.64. The number of methoxy groups -OCH3 is 1. The van der Waals surface area contributed by atoms with Gasteiger partial charge in [0.15, 0.2) is 0 Å². The molecule has 2 aromatic rings. The molecule has 2 N–H and O–H groups in total. The van der Waals surface area contributed by atoms with Crippen molar-refractivity contribution in [2.75, 3.05) is 19.0 Å². The van der Waals surface area contributed by atoms with Gasteiger partial charge in [-0.1, -0.05) is 31.2 Å². The first-order valence-corrected chi connectivity index (χ1v) is 9.10. The van der Waals surface area contributed by atoms with Crippen LogP contribution in [-0.4, -0.2) is 30.5 Å². The Morgan fingerprint density at radius 2 is 1.78 bits per heavy atom. The van der Waals surface area contributed by atoms with Gasteiger partial charge in [-0.3, -0.25) is 4.79 Å². The number of nitrogens with zero attached hydrogens (tertiary/aromatic N) is 1. The van der Waals surface area contributed by atoms with E-state index < -0.39 is 0 Å². The second-order valence-corrected chi connectivity index (χ2v) is 6.80. The highest BCUT2D eigenvalue weighted by molar-refractivity contribution is 5.89. The third-order valence-electron chi connectivity index (χ3n) is 4.76. The van der Waals surface area contributed by atoms with Gasteiger partial charge in [-0.25, -0.2) is 4.79 Å². The summed E-state index contributed by atoms with van der Waals surface area (Å²) < 4.78 is 5.11. The van der Waals surface area contributed by atoms with Crippen molar-refractivity contribution in [3.05, 3.63) is 59.7 Å². The molecule has 1 saturated heterocycles. The van der Waals surface area contributed by atoms with Gasteiger partial charge in [0.25, 0.3) is 0 Å². The molecular formula is C21H25N3O3.